The molecule has 2 rings (SSSR count). The highest BCUT2D eigenvalue weighted by Crippen LogP contribution is 2.27. The van der Waals surface area contributed by atoms with Gasteiger partial charge in [-0.3, -0.25) is 4.99 Å². The summed E-state index contributed by atoms with van der Waals surface area (Å²) in [7, 11) is 1.62. The fourth-order valence-corrected chi connectivity index (χ4v) is 2.15. The second-order valence-electron chi connectivity index (χ2n) is 4.35. The van der Waals surface area contributed by atoms with E-state index in [0.717, 1.165) is 5.56 Å². The predicted molar refractivity (Wildman–Crippen MR) is 70.9 cm³/mol. The number of hydrogen-bond donors (Lipinski definition) is 1. The Morgan fingerprint density at radius 3 is 2.70 bits per heavy atom. The van der Waals surface area contributed by atoms with Crippen LogP contribution < -0.4 is 10.5 Å². The second kappa shape index (κ2) is 6.51. The van der Waals surface area contributed by atoms with Gasteiger partial charge < -0.3 is 20.1 Å². The zero-order valence-electron chi connectivity index (χ0n) is 11.1. The van der Waals surface area contributed by atoms with Gasteiger partial charge in [0, 0.05) is 13.7 Å². The van der Waals surface area contributed by atoms with E-state index in [4.69, 9.17) is 10.5 Å². The maximum atomic E-state index is 12.1. The van der Waals surface area contributed by atoms with Gasteiger partial charge in [0.25, 0.3) is 0 Å². The summed E-state index contributed by atoms with van der Waals surface area (Å²) in [4.78, 5) is 6.15. The summed E-state index contributed by atoms with van der Waals surface area (Å²) >= 11 is 0. The lowest BCUT2D eigenvalue weighted by Gasteiger charge is -2.26. The van der Waals surface area contributed by atoms with E-state index < -0.39 is 6.61 Å². The van der Waals surface area contributed by atoms with Crippen LogP contribution in [-0.2, 0) is 4.74 Å². The summed E-state index contributed by atoms with van der Waals surface area (Å²) in [5, 5.41) is 0. The van der Waals surface area contributed by atoms with Gasteiger partial charge >= 0.3 is 6.61 Å². The third-order valence-corrected chi connectivity index (χ3v) is 3.12. The molecule has 1 atom stereocenters. The number of hydrogen-bond acceptors (Lipinski definition) is 5. The average molecular weight is 285 g/mol. The van der Waals surface area contributed by atoms with Crippen LogP contribution in [0, 0.1) is 0 Å². The predicted octanol–water partition coefficient (Wildman–Crippen LogP) is 1.61. The molecule has 0 radical (unpaired) electrons. The van der Waals surface area contributed by atoms with Crippen molar-refractivity contribution in [2.45, 2.75) is 12.7 Å². The van der Waals surface area contributed by atoms with Crippen LogP contribution in [-0.4, -0.2) is 44.3 Å². The quantitative estimate of drug-likeness (QED) is 0.862. The van der Waals surface area contributed by atoms with Crippen molar-refractivity contribution in [2.75, 3.05) is 26.8 Å². The van der Waals surface area contributed by atoms with E-state index in [2.05, 4.69) is 9.73 Å². The van der Waals surface area contributed by atoms with Crippen LogP contribution in [0.4, 0.5) is 8.78 Å². The van der Waals surface area contributed by atoms with E-state index in [1.165, 1.54) is 12.1 Å². The number of nitrogens with zero attached hydrogens (tertiary/aromatic N) is 2. The molecule has 110 valence electrons. The first-order valence-electron chi connectivity index (χ1n) is 6.22. The van der Waals surface area contributed by atoms with Crippen LogP contribution in [0.2, 0.25) is 0 Å². The molecule has 0 saturated heterocycles. The Labute approximate surface area is 116 Å². The Hall–Kier alpha value is -1.89. The lowest BCUT2D eigenvalue weighted by molar-refractivity contribution is -0.0498. The van der Waals surface area contributed by atoms with Gasteiger partial charge in [-0.25, -0.2) is 0 Å². The smallest absolute Gasteiger partial charge is 0.387 e. The van der Waals surface area contributed by atoms with Crippen molar-refractivity contribution in [3.05, 3.63) is 29.8 Å². The number of guanidine groups is 1. The molecule has 0 spiro atoms. The van der Waals surface area contributed by atoms with Crippen molar-refractivity contribution in [1.29, 1.82) is 0 Å². The molecule has 0 amide bonds. The van der Waals surface area contributed by atoms with Crippen molar-refractivity contribution in [3.8, 4) is 5.75 Å². The third kappa shape index (κ3) is 3.36. The average Bonchev–Trinajstić information content (AvgIpc) is 2.78. The molecule has 1 aliphatic heterocycles. The monoisotopic (exact) mass is 285 g/mol. The van der Waals surface area contributed by atoms with Crippen LogP contribution >= 0.6 is 0 Å². The molecule has 0 aliphatic carbocycles. The van der Waals surface area contributed by atoms with Crippen LogP contribution in [0.25, 0.3) is 0 Å². The summed E-state index contributed by atoms with van der Waals surface area (Å²) in [5.41, 5.74) is 6.79. The molecule has 0 aromatic heterocycles. The minimum Gasteiger partial charge on any atom is -0.435 e. The highest BCUT2D eigenvalue weighted by molar-refractivity contribution is 5.80. The Balaban J connectivity index is 2.06. The topological polar surface area (TPSA) is 60.1 Å². The number of benzene rings is 1. The zero-order valence-corrected chi connectivity index (χ0v) is 11.1. The van der Waals surface area contributed by atoms with Crippen molar-refractivity contribution in [3.63, 3.8) is 0 Å². The SMILES string of the molecule is COCCN1C(N)=NCC1c1ccc(OC(F)F)cc1. The van der Waals surface area contributed by atoms with Gasteiger partial charge in [0.2, 0.25) is 0 Å². The molecule has 1 aromatic carbocycles. The van der Waals surface area contributed by atoms with E-state index in [1.807, 2.05) is 4.90 Å². The fraction of sp³-hybridized carbons (Fsp3) is 0.462. The molecule has 20 heavy (non-hydrogen) atoms. The van der Waals surface area contributed by atoms with E-state index >= 15 is 0 Å². The van der Waals surface area contributed by atoms with E-state index in [0.29, 0.717) is 25.7 Å². The number of methoxy groups -OCH3 is 1. The van der Waals surface area contributed by atoms with Gasteiger partial charge in [0.1, 0.15) is 5.75 Å². The number of aliphatic imine (C=N–C) groups is 1. The van der Waals surface area contributed by atoms with Crippen LogP contribution in [0.15, 0.2) is 29.3 Å². The van der Waals surface area contributed by atoms with E-state index in [9.17, 15) is 8.78 Å². The molecule has 1 heterocycles. The van der Waals surface area contributed by atoms with Gasteiger partial charge in [-0.15, -0.1) is 0 Å². The molecule has 2 N–H and O–H groups in total. The van der Waals surface area contributed by atoms with Crippen LogP contribution in [0.3, 0.4) is 0 Å². The summed E-state index contributed by atoms with van der Waals surface area (Å²) in [5.74, 6) is 0.610. The minimum atomic E-state index is -2.82. The largest absolute Gasteiger partial charge is 0.435 e. The van der Waals surface area contributed by atoms with Gasteiger partial charge in [-0.2, -0.15) is 8.78 Å². The molecule has 1 aromatic rings. The van der Waals surface area contributed by atoms with Crippen LogP contribution in [0.1, 0.15) is 11.6 Å². The standard InChI is InChI=1S/C13H17F2N3O2/c1-19-7-6-18-11(8-17-13(18)16)9-2-4-10(5-3-9)20-12(14)15/h2-5,11-12H,6-8H2,1H3,(H2,16,17). The van der Waals surface area contributed by atoms with Gasteiger partial charge in [-0.05, 0) is 17.7 Å². The number of ether oxygens (including phenoxy) is 2. The molecule has 0 bridgehead atoms. The van der Waals surface area contributed by atoms with Gasteiger partial charge in [0.15, 0.2) is 5.96 Å². The summed E-state index contributed by atoms with van der Waals surface area (Å²) in [6, 6.07) is 6.53. The molecular weight excluding hydrogens is 268 g/mol. The van der Waals surface area contributed by atoms with Crippen LogP contribution in [0.5, 0.6) is 5.75 Å². The minimum absolute atomic E-state index is 0.00532. The second-order valence-corrected chi connectivity index (χ2v) is 4.35. The lowest BCUT2D eigenvalue weighted by atomic mass is 10.1. The molecule has 1 unspecified atom stereocenters. The van der Waals surface area contributed by atoms with Gasteiger partial charge in [-0.1, -0.05) is 12.1 Å². The summed E-state index contributed by atoms with van der Waals surface area (Å²) in [6.07, 6.45) is 0. The molecule has 1 aliphatic rings. The van der Waals surface area contributed by atoms with Crippen molar-refractivity contribution in [1.82, 2.24) is 4.90 Å². The first-order valence-corrected chi connectivity index (χ1v) is 6.22. The highest BCUT2D eigenvalue weighted by atomic mass is 19.3. The normalized spacial score (nSPS) is 18.5. The van der Waals surface area contributed by atoms with Gasteiger partial charge in [0.05, 0.1) is 19.2 Å². The first kappa shape index (κ1) is 14.5. The Kier molecular flexibility index (Phi) is 4.73. The number of rotatable bonds is 6. The van der Waals surface area contributed by atoms with Crippen molar-refractivity contribution >= 4 is 5.96 Å². The van der Waals surface area contributed by atoms with Crippen molar-refractivity contribution in [2.24, 2.45) is 10.7 Å². The first-order chi connectivity index (χ1) is 9.61. The Bertz CT molecular complexity index is 465. The molecule has 0 saturated carbocycles. The number of halogens is 2. The number of nitrogens with two attached hydrogens (primary N) is 1. The van der Waals surface area contributed by atoms with Crippen molar-refractivity contribution < 1.29 is 18.3 Å². The third-order valence-electron chi connectivity index (χ3n) is 3.12. The summed E-state index contributed by atoms with van der Waals surface area (Å²) < 4.78 is 33.6. The zero-order chi connectivity index (χ0) is 14.5. The van der Waals surface area contributed by atoms with E-state index in [-0.39, 0.29) is 11.8 Å². The molecule has 5 nitrogen and oxygen atoms in total. The van der Waals surface area contributed by atoms with E-state index in [1.54, 1.807) is 19.2 Å². The maximum Gasteiger partial charge on any atom is 0.387 e. The maximum absolute atomic E-state index is 12.1. The molecule has 0 fully saturated rings. The fourth-order valence-electron chi connectivity index (χ4n) is 2.15. The Morgan fingerprint density at radius 1 is 1.40 bits per heavy atom. The highest BCUT2D eigenvalue weighted by Gasteiger charge is 2.27. The lowest BCUT2D eigenvalue weighted by Crippen LogP contribution is -2.38. The number of alkyl halides is 2. The molecular formula is C13H17F2N3O2. The summed E-state index contributed by atoms with van der Waals surface area (Å²) in [6.45, 7) is -1.10. The molecule has 7 heteroatoms. The Morgan fingerprint density at radius 2 is 2.10 bits per heavy atom.